The van der Waals surface area contributed by atoms with Crippen LogP contribution in [0.15, 0.2) is 12.2 Å². The standard InChI is InChI=1S/C26H40O8/c1-14-11-25-9-5-16-23(2,7-4-8-24(16,3)22(31)32)17(25)6-10-26(14,13-25)34-21-20(30)19(29)18(28)15(12-27)33-21/h15-21,27-30H,1,4-13H2,2-3H3,(H,31,32)/t15?,16?,17-,18?,19?,20?,21?,23+,24+,25+,26-/m0/s1. The van der Waals surface area contributed by atoms with Crippen LogP contribution in [0.5, 0.6) is 0 Å². The molecule has 0 amide bonds. The quantitative estimate of drug-likeness (QED) is 0.304. The molecule has 192 valence electrons. The molecule has 8 nitrogen and oxygen atoms in total. The average Bonchev–Trinajstić information content (AvgIpc) is 2.98. The molecule has 4 aliphatic carbocycles. The van der Waals surface area contributed by atoms with Gasteiger partial charge in [-0.15, -0.1) is 0 Å². The molecule has 1 aliphatic heterocycles. The second kappa shape index (κ2) is 7.98. The lowest BCUT2D eigenvalue weighted by atomic mass is 9.41. The Labute approximate surface area is 201 Å². The van der Waals surface area contributed by atoms with Gasteiger partial charge in [0.25, 0.3) is 0 Å². The minimum atomic E-state index is -1.47. The van der Waals surface area contributed by atoms with Crippen LogP contribution in [-0.2, 0) is 14.3 Å². The Morgan fingerprint density at radius 2 is 1.76 bits per heavy atom. The molecule has 5 N–H and O–H groups in total. The lowest BCUT2D eigenvalue weighted by Gasteiger charge is -2.64. The van der Waals surface area contributed by atoms with E-state index in [1.54, 1.807) is 0 Å². The zero-order chi connectivity index (χ0) is 24.7. The number of ether oxygens (including phenoxy) is 2. The van der Waals surface area contributed by atoms with Crippen molar-refractivity contribution < 1.29 is 39.8 Å². The Morgan fingerprint density at radius 3 is 2.44 bits per heavy atom. The second-order valence-electron chi connectivity index (χ2n) is 12.4. The number of carbonyl (C=O) groups is 1. The zero-order valence-electron chi connectivity index (χ0n) is 20.3. The van der Waals surface area contributed by atoms with Crippen molar-refractivity contribution in [3.8, 4) is 0 Å². The first kappa shape index (κ1) is 24.7. The van der Waals surface area contributed by atoms with E-state index in [2.05, 4.69) is 13.5 Å². The average molecular weight is 481 g/mol. The highest BCUT2D eigenvalue weighted by Gasteiger charge is 2.68. The van der Waals surface area contributed by atoms with Gasteiger partial charge in [0.1, 0.15) is 24.4 Å². The van der Waals surface area contributed by atoms with Gasteiger partial charge in [-0.3, -0.25) is 4.79 Å². The number of carboxylic acids is 1. The Kier molecular flexibility index (Phi) is 5.79. The van der Waals surface area contributed by atoms with Crippen molar-refractivity contribution in [3.05, 3.63) is 12.2 Å². The van der Waals surface area contributed by atoms with Crippen molar-refractivity contribution in [1.29, 1.82) is 0 Å². The first-order chi connectivity index (χ1) is 15.9. The number of carboxylic acid groups (broad SMARTS) is 1. The number of aliphatic hydroxyl groups is 4. The van der Waals surface area contributed by atoms with Gasteiger partial charge in [-0.2, -0.15) is 0 Å². The van der Waals surface area contributed by atoms with Crippen molar-refractivity contribution >= 4 is 5.97 Å². The summed E-state index contributed by atoms with van der Waals surface area (Å²) < 4.78 is 12.1. The van der Waals surface area contributed by atoms with Crippen LogP contribution in [0.3, 0.4) is 0 Å². The summed E-state index contributed by atoms with van der Waals surface area (Å²) in [5, 5.41) is 50.6. The smallest absolute Gasteiger partial charge is 0.309 e. The first-order valence-corrected chi connectivity index (χ1v) is 12.8. The molecule has 0 aromatic heterocycles. The third kappa shape index (κ3) is 3.22. The van der Waals surface area contributed by atoms with Crippen molar-refractivity contribution in [1.82, 2.24) is 0 Å². The van der Waals surface area contributed by atoms with E-state index >= 15 is 0 Å². The number of aliphatic hydroxyl groups excluding tert-OH is 4. The van der Waals surface area contributed by atoms with E-state index in [4.69, 9.17) is 9.47 Å². The molecule has 4 saturated carbocycles. The van der Waals surface area contributed by atoms with Gasteiger partial charge >= 0.3 is 5.97 Å². The lowest BCUT2D eigenvalue weighted by molar-refractivity contribution is -0.327. The van der Waals surface area contributed by atoms with Crippen molar-refractivity contribution in [3.63, 3.8) is 0 Å². The first-order valence-electron chi connectivity index (χ1n) is 12.8. The molecule has 5 rings (SSSR count). The van der Waals surface area contributed by atoms with Crippen molar-refractivity contribution in [2.75, 3.05) is 6.61 Å². The van der Waals surface area contributed by atoms with E-state index in [0.717, 1.165) is 56.9 Å². The fraction of sp³-hybridized carbons (Fsp3) is 0.885. The van der Waals surface area contributed by atoms with E-state index in [-0.39, 0.29) is 16.7 Å². The predicted molar refractivity (Wildman–Crippen MR) is 122 cm³/mol. The van der Waals surface area contributed by atoms with Crippen LogP contribution in [0.1, 0.15) is 71.6 Å². The van der Waals surface area contributed by atoms with Gasteiger partial charge in [-0.05, 0) is 86.5 Å². The molecule has 1 spiro atoms. The summed E-state index contributed by atoms with van der Waals surface area (Å²) >= 11 is 0. The summed E-state index contributed by atoms with van der Waals surface area (Å²) in [7, 11) is 0. The number of hydrogen-bond donors (Lipinski definition) is 5. The molecule has 11 atom stereocenters. The maximum atomic E-state index is 12.3. The lowest BCUT2D eigenvalue weighted by Crippen LogP contribution is -2.62. The van der Waals surface area contributed by atoms with Crippen molar-refractivity contribution in [2.45, 2.75) is 108 Å². The molecule has 5 fully saturated rings. The Balaban J connectivity index is 1.41. The minimum Gasteiger partial charge on any atom is -0.481 e. The molecule has 2 bridgehead atoms. The maximum absolute atomic E-state index is 12.3. The zero-order valence-corrected chi connectivity index (χ0v) is 20.3. The molecule has 0 radical (unpaired) electrons. The monoisotopic (exact) mass is 480 g/mol. The van der Waals surface area contributed by atoms with Crippen LogP contribution in [0.25, 0.3) is 0 Å². The highest BCUT2D eigenvalue weighted by atomic mass is 16.7. The Hall–Kier alpha value is -1.03. The summed E-state index contributed by atoms with van der Waals surface area (Å²) in [6.45, 7) is 8.15. The van der Waals surface area contributed by atoms with Crippen molar-refractivity contribution in [2.24, 2.45) is 28.1 Å². The molecule has 1 heterocycles. The molecule has 34 heavy (non-hydrogen) atoms. The summed E-state index contributed by atoms with van der Waals surface area (Å²) in [6, 6.07) is 0. The van der Waals surface area contributed by atoms with Gasteiger partial charge in [-0.25, -0.2) is 0 Å². The molecule has 0 aromatic rings. The largest absolute Gasteiger partial charge is 0.481 e. The van der Waals surface area contributed by atoms with Gasteiger partial charge in [0, 0.05) is 0 Å². The highest BCUT2D eigenvalue weighted by Crippen LogP contribution is 2.73. The maximum Gasteiger partial charge on any atom is 0.309 e. The summed E-state index contributed by atoms with van der Waals surface area (Å²) in [6.07, 6.45) is 1.13. The number of rotatable bonds is 4. The number of aliphatic carboxylic acids is 1. The molecular weight excluding hydrogens is 440 g/mol. The van der Waals surface area contributed by atoms with E-state index in [0.29, 0.717) is 12.3 Å². The topological polar surface area (TPSA) is 137 Å². The van der Waals surface area contributed by atoms with Crippen LogP contribution in [0.2, 0.25) is 0 Å². The third-order valence-electron chi connectivity index (χ3n) is 10.8. The van der Waals surface area contributed by atoms with Crippen LogP contribution in [0.4, 0.5) is 0 Å². The molecule has 8 heteroatoms. The fourth-order valence-corrected chi connectivity index (χ4v) is 9.15. The highest BCUT2D eigenvalue weighted by molar-refractivity contribution is 5.75. The summed E-state index contributed by atoms with van der Waals surface area (Å²) in [5.74, 6) is -0.149. The molecule has 6 unspecified atom stereocenters. The van der Waals surface area contributed by atoms with E-state index < -0.39 is 54.3 Å². The van der Waals surface area contributed by atoms with Crippen LogP contribution < -0.4 is 0 Å². The Morgan fingerprint density at radius 1 is 1.06 bits per heavy atom. The van der Waals surface area contributed by atoms with E-state index in [1.807, 2.05) is 6.92 Å². The van der Waals surface area contributed by atoms with Crippen LogP contribution >= 0.6 is 0 Å². The number of fused-ring (bicyclic) bond motifs is 3. The van der Waals surface area contributed by atoms with Gasteiger partial charge < -0.3 is 35.0 Å². The normalized spacial score (nSPS) is 54.9. The SMILES string of the molecule is C=C1C[C@@]23CCC4[C@](C)(C(=O)O)CCC[C@@]4(C)[C@@H]2CC[C@]1(OC1OC(CO)C(O)C(O)C1O)C3. The van der Waals surface area contributed by atoms with E-state index in [1.165, 1.54) is 0 Å². The van der Waals surface area contributed by atoms with Gasteiger partial charge in [0.05, 0.1) is 17.6 Å². The fourth-order valence-electron chi connectivity index (χ4n) is 9.15. The third-order valence-corrected chi connectivity index (χ3v) is 10.8. The second-order valence-corrected chi connectivity index (χ2v) is 12.4. The van der Waals surface area contributed by atoms with Crippen LogP contribution in [-0.4, -0.2) is 74.4 Å². The van der Waals surface area contributed by atoms with E-state index in [9.17, 15) is 30.3 Å². The van der Waals surface area contributed by atoms with Gasteiger partial charge in [0.2, 0.25) is 0 Å². The van der Waals surface area contributed by atoms with Gasteiger partial charge in [0.15, 0.2) is 6.29 Å². The Bertz CT molecular complexity index is 860. The van der Waals surface area contributed by atoms with Crippen LogP contribution in [0, 0.1) is 28.1 Å². The predicted octanol–water partition coefficient (Wildman–Crippen LogP) is 1.98. The summed E-state index contributed by atoms with van der Waals surface area (Å²) in [5.41, 5.74) is -0.496. The number of hydrogen-bond acceptors (Lipinski definition) is 7. The molecule has 5 aliphatic rings. The molecule has 0 aromatic carbocycles. The minimum absolute atomic E-state index is 0.0224. The molecular formula is C26H40O8. The molecule has 1 saturated heterocycles. The van der Waals surface area contributed by atoms with Gasteiger partial charge in [-0.1, -0.05) is 19.9 Å². The summed E-state index contributed by atoms with van der Waals surface area (Å²) in [4.78, 5) is 12.3.